The van der Waals surface area contributed by atoms with Gasteiger partial charge in [-0.2, -0.15) is 4.98 Å². The molecule has 3 aromatic rings. The van der Waals surface area contributed by atoms with Crippen LogP contribution in [0, 0.1) is 0 Å². The van der Waals surface area contributed by atoms with Gasteiger partial charge in [-0.15, -0.1) is 0 Å². The second-order valence-corrected chi connectivity index (χ2v) is 10.1. The summed E-state index contributed by atoms with van der Waals surface area (Å²) in [6, 6.07) is 3.60. The number of aromatic amines is 1. The maximum atomic E-state index is 13.8. The van der Waals surface area contributed by atoms with E-state index < -0.39 is 5.91 Å². The fraction of sp³-hybridized carbons (Fsp3) is 0.333. The highest BCUT2D eigenvalue weighted by molar-refractivity contribution is 6.41. The van der Waals surface area contributed by atoms with Crippen molar-refractivity contribution in [1.82, 2.24) is 25.6 Å². The average molecular weight is 604 g/mol. The SMILES string of the molecule is COc1cc(CN2C(=O)/C(=C\c3cc(C(=O)NCCNC(C)C)c[nH]3)c3c(Cl)nc(N)nc32)c(Cl)c(OC)c1OC. The van der Waals surface area contributed by atoms with Gasteiger partial charge < -0.3 is 35.6 Å². The number of anilines is 2. The molecule has 1 aromatic carbocycles. The largest absolute Gasteiger partial charge is 0.493 e. The number of amides is 2. The van der Waals surface area contributed by atoms with Gasteiger partial charge in [0.15, 0.2) is 17.3 Å². The zero-order valence-corrected chi connectivity index (χ0v) is 24.7. The Kier molecular flexibility index (Phi) is 9.26. The number of hydrogen-bond acceptors (Lipinski definition) is 9. The number of fused-ring (bicyclic) bond motifs is 1. The lowest BCUT2D eigenvalue weighted by Crippen LogP contribution is -2.34. The molecule has 0 atom stereocenters. The predicted molar refractivity (Wildman–Crippen MR) is 158 cm³/mol. The summed E-state index contributed by atoms with van der Waals surface area (Å²) in [7, 11) is 4.40. The zero-order chi connectivity index (χ0) is 29.8. The fourth-order valence-corrected chi connectivity index (χ4v) is 4.92. The third-order valence-electron chi connectivity index (χ3n) is 6.27. The van der Waals surface area contributed by atoms with Gasteiger partial charge in [0.05, 0.1) is 49.6 Å². The monoisotopic (exact) mass is 603 g/mol. The summed E-state index contributed by atoms with van der Waals surface area (Å²) in [6.45, 7) is 5.15. The minimum atomic E-state index is -0.424. The van der Waals surface area contributed by atoms with E-state index in [0.717, 1.165) is 0 Å². The Morgan fingerprint density at radius 1 is 1.12 bits per heavy atom. The lowest BCUT2D eigenvalue weighted by molar-refractivity contribution is -0.113. The Morgan fingerprint density at radius 3 is 2.51 bits per heavy atom. The van der Waals surface area contributed by atoms with Crippen molar-refractivity contribution in [2.24, 2.45) is 0 Å². The second-order valence-electron chi connectivity index (χ2n) is 9.35. The van der Waals surface area contributed by atoms with Gasteiger partial charge in [0.25, 0.3) is 11.8 Å². The number of H-pyrrole nitrogens is 1. The third kappa shape index (κ3) is 6.19. The Morgan fingerprint density at radius 2 is 1.85 bits per heavy atom. The summed E-state index contributed by atoms with van der Waals surface area (Å²) in [5.41, 5.74) is 7.82. The summed E-state index contributed by atoms with van der Waals surface area (Å²) < 4.78 is 16.3. The number of nitrogens with zero attached hydrogens (tertiary/aromatic N) is 3. The van der Waals surface area contributed by atoms with Crippen LogP contribution in [0.2, 0.25) is 10.2 Å². The van der Waals surface area contributed by atoms with Crippen LogP contribution >= 0.6 is 23.2 Å². The minimum Gasteiger partial charge on any atom is -0.493 e. The molecule has 5 N–H and O–H groups in total. The molecule has 0 spiro atoms. The lowest BCUT2D eigenvalue weighted by atomic mass is 10.1. The van der Waals surface area contributed by atoms with Gasteiger partial charge in [0.2, 0.25) is 11.7 Å². The first kappa shape index (κ1) is 30.0. The summed E-state index contributed by atoms with van der Waals surface area (Å²) in [4.78, 5) is 39.1. The molecule has 41 heavy (non-hydrogen) atoms. The van der Waals surface area contributed by atoms with Crippen molar-refractivity contribution in [1.29, 1.82) is 0 Å². The number of carbonyl (C=O) groups excluding carboxylic acids is 2. The highest BCUT2D eigenvalue weighted by Crippen LogP contribution is 2.47. The molecule has 14 heteroatoms. The van der Waals surface area contributed by atoms with Crippen molar-refractivity contribution in [2.75, 3.05) is 45.1 Å². The zero-order valence-electron chi connectivity index (χ0n) is 23.2. The number of aromatic nitrogens is 3. The number of halogens is 2. The van der Waals surface area contributed by atoms with Crippen LogP contribution < -0.4 is 35.5 Å². The van der Waals surface area contributed by atoms with E-state index >= 15 is 0 Å². The van der Waals surface area contributed by atoms with Crippen molar-refractivity contribution in [3.63, 3.8) is 0 Å². The van der Waals surface area contributed by atoms with Crippen LogP contribution in [0.5, 0.6) is 17.2 Å². The molecule has 12 nitrogen and oxygen atoms in total. The molecule has 2 aromatic heterocycles. The molecule has 2 amide bonds. The number of hydrogen-bond donors (Lipinski definition) is 4. The summed E-state index contributed by atoms with van der Waals surface area (Å²) >= 11 is 13.1. The van der Waals surface area contributed by atoms with Gasteiger partial charge in [0.1, 0.15) is 5.15 Å². The molecule has 0 unspecified atom stereocenters. The van der Waals surface area contributed by atoms with Crippen molar-refractivity contribution in [3.8, 4) is 17.2 Å². The number of benzene rings is 1. The number of nitrogens with one attached hydrogen (secondary N) is 3. The highest BCUT2D eigenvalue weighted by Gasteiger charge is 2.38. The van der Waals surface area contributed by atoms with Crippen LogP contribution in [-0.4, -0.2) is 67.2 Å². The molecule has 0 bridgehead atoms. The van der Waals surface area contributed by atoms with Gasteiger partial charge in [-0.3, -0.25) is 14.5 Å². The maximum absolute atomic E-state index is 13.8. The topological polar surface area (TPSA) is 157 Å². The van der Waals surface area contributed by atoms with Gasteiger partial charge >= 0.3 is 0 Å². The van der Waals surface area contributed by atoms with E-state index in [1.54, 1.807) is 24.4 Å². The summed E-state index contributed by atoms with van der Waals surface area (Å²) in [5, 5.41) is 6.33. The van der Waals surface area contributed by atoms with E-state index in [1.165, 1.54) is 26.2 Å². The van der Waals surface area contributed by atoms with E-state index in [4.69, 9.17) is 43.1 Å². The van der Waals surface area contributed by atoms with E-state index in [-0.39, 0.29) is 45.7 Å². The summed E-state index contributed by atoms with van der Waals surface area (Å²) in [5.74, 6) is 0.372. The van der Waals surface area contributed by atoms with Crippen molar-refractivity contribution in [2.45, 2.75) is 26.4 Å². The first-order valence-corrected chi connectivity index (χ1v) is 13.4. The average Bonchev–Trinajstić information content (AvgIpc) is 3.50. The smallest absolute Gasteiger partial charge is 0.260 e. The summed E-state index contributed by atoms with van der Waals surface area (Å²) in [6.07, 6.45) is 3.15. The van der Waals surface area contributed by atoms with E-state index in [1.807, 2.05) is 13.8 Å². The van der Waals surface area contributed by atoms with E-state index in [9.17, 15) is 9.59 Å². The number of carbonyl (C=O) groups is 2. The van der Waals surface area contributed by atoms with Crippen LogP contribution in [0.1, 0.15) is 41.0 Å². The quantitative estimate of drug-likeness (QED) is 0.146. The van der Waals surface area contributed by atoms with Crippen molar-refractivity contribution < 1.29 is 23.8 Å². The number of rotatable bonds is 11. The minimum absolute atomic E-state index is 0.00719. The molecule has 0 fully saturated rings. The predicted octanol–water partition coefficient (Wildman–Crippen LogP) is 3.53. The Hall–Kier alpha value is -4.00. The van der Waals surface area contributed by atoms with Gasteiger partial charge in [-0.05, 0) is 23.8 Å². The van der Waals surface area contributed by atoms with Crippen LogP contribution in [-0.2, 0) is 11.3 Å². The molecule has 1 aliphatic heterocycles. The molecule has 0 saturated carbocycles. The maximum Gasteiger partial charge on any atom is 0.260 e. The number of nitrogen functional groups attached to an aromatic ring is 1. The molecule has 1 aliphatic rings. The third-order valence-corrected chi connectivity index (χ3v) is 6.96. The van der Waals surface area contributed by atoms with Gasteiger partial charge in [-0.25, -0.2) is 4.98 Å². The van der Waals surface area contributed by atoms with E-state index in [0.29, 0.717) is 53.0 Å². The Balaban J connectivity index is 1.67. The van der Waals surface area contributed by atoms with Gasteiger partial charge in [-0.1, -0.05) is 37.0 Å². The number of methoxy groups -OCH3 is 3. The molecule has 0 saturated heterocycles. The first-order chi connectivity index (χ1) is 19.6. The van der Waals surface area contributed by atoms with Crippen LogP contribution in [0.25, 0.3) is 11.6 Å². The molecular formula is C27H31Cl2N7O5. The Labute approximate surface area is 247 Å². The lowest BCUT2D eigenvalue weighted by Gasteiger charge is -2.20. The standard InChI is InChI=1S/C27H31Cl2N7O5/c1-13(2)31-6-7-32-25(37)14-8-16(33-11-14)10-17-19-23(29)34-27(30)35-24(19)36(26(17)38)12-15-9-18(39-3)21(40-4)22(41-5)20(15)28/h8-11,13,31,33H,6-7,12H2,1-5H3,(H,32,37)(H2,30,34,35)/b17-10-. The molecule has 0 radical (unpaired) electrons. The van der Waals surface area contributed by atoms with Gasteiger partial charge in [0, 0.05) is 31.0 Å². The molecule has 218 valence electrons. The van der Waals surface area contributed by atoms with Crippen LogP contribution in [0.4, 0.5) is 11.8 Å². The van der Waals surface area contributed by atoms with Crippen LogP contribution in [0.15, 0.2) is 18.3 Å². The molecule has 0 aliphatic carbocycles. The highest BCUT2D eigenvalue weighted by atomic mass is 35.5. The number of ether oxygens (including phenoxy) is 3. The normalized spacial score (nSPS) is 13.6. The van der Waals surface area contributed by atoms with Crippen LogP contribution in [0.3, 0.4) is 0 Å². The Bertz CT molecular complexity index is 1510. The van der Waals surface area contributed by atoms with E-state index in [2.05, 4.69) is 25.6 Å². The molecule has 4 rings (SSSR count). The van der Waals surface area contributed by atoms with Crippen molar-refractivity contribution >= 4 is 58.4 Å². The molecule has 3 heterocycles. The number of nitrogens with two attached hydrogens (primary N) is 1. The first-order valence-electron chi connectivity index (χ1n) is 12.6. The van der Waals surface area contributed by atoms with Crippen molar-refractivity contribution in [3.05, 3.63) is 50.9 Å². The fourth-order valence-electron chi connectivity index (χ4n) is 4.37. The second kappa shape index (κ2) is 12.7. The molecular weight excluding hydrogens is 573 g/mol.